The molecule has 1 heterocycles. The molecule has 0 aliphatic carbocycles. The summed E-state index contributed by atoms with van der Waals surface area (Å²) in [4.78, 5) is 0. The Balaban J connectivity index is 2.70. The lowest BCUT2D eigenvalue weighted by atomic mass is 9.87. The van der Waals surface area contributed by atoms with Gasteiger partial charge in [0.15, 0.2) is 0 Å². The molecule has 6 heteroatoms. The van der Waals surface area contributed by atoms with E-state index in [1.54, 1.807) is 0 Å². The van der Waals surface area contributed by atoms with E-state index in [0.717, 1.165) is 0 Å². The van der Waals surface area contributed by atoms with Crippen molar-refractivity contribution in [3.05, 3.63) is 0 Å². The second-order valence-corrected chi connectivity index (χ2v) is 5.16. The van der Waals surface area contributed by atoms with Crippen molar-refractivity contribution < 1.29 is 19.6 Å². The molecule has 88 valence electrons. The van der Waals surface area contributed by atoms with E-state index < -0.39 is 12.2 Å². The molecule has 0 radical (unpaired) electrons. The van der Waals surface area contributed by atoms with Crippen LogP contribution in [0.2, 0.25) is 6.82 Å². The highest BCUT2D eigenvalue weighted by Gasteiger charge is 2.41. The molecule has 0 amide bonds. The van der Waals surface area contributed by atoms with Gasteiger partial charge in [-0.25, -0.2) is 0 Å². The summed E-state index contributed by atoms with van der Waals surface area (Å²) < 4.78 is 11.1. The van der Waals surface area contributed by atoms with Crippen LogP contribution in [0.3, 0.4) is 0 Å². The molecule has 0 spiro atoms. The quantitative estimate of drug-likeness (QED) is 0.538. The molecule has 4 nitrogen and oxygen atoms in total. The summed E-state index contributed by atoms with van der Waals surface area (Å²) in [5.74, 6) is 0.116. The predicted octanol–water partition coefficient (Wildman–Crippen LogP) is 0.141. The van der Waals surface area contributed by atoms with Crippen LogP contribution in [0.4, 0.5) is 0 Å². The molecule has 3 unspecified atom stereocenters. The van der Waals surface area contributed by atoms with Crippen molar-refractivity contribution >= 4 is 15.8 Å². The summed E-state index contributed by atoms with van der Waals surface area (Å²) in [6.07, 6.45) is -1.59. The molecule has 1 saturated heterocycles. The molecular formula is C9H20BO4P. The molecule has 6 atom stereocenters. The van der Waals surface area contributed by atoms with Crippen LogP contribution >= 0.6 is 9.12 Å². The normalized spacial score (nSPS) is 41.6. The Labute approximate surface area is 93.6 Å². The molecule has 1 aliphatic heterocycles. The zero-order chi connectivity index (χ0) is 11.6. The summed E-state index contributed by atoms with van der Waals surface area (Å²) in [5, 5.41) is 19.0. The first-order chi connectivity index (χ1) is 6.97. The average molecular weight is 234 g/mol. The Bertz CT molecular complexity index is 205. The van der Waals surface area contributed by atoms with E-state index in [0.29, 0.717) is 0 Å². The van der Waals surface area contributed by atoms with Gasteiger partial charge < -0.3 is 19.6 Å². The van der Waals surface area contributed by atoms with Gasteiger partial charge in [0.25, 0.3) is 0 Å². The van der Waals surface area contributed by atoms with Gasteiger partial charge in [-0.3, -0.25) is 0 Å². The van der Waals surface area contributed by atoms with Crippen LogP contribution in [0.1, 0.15) is 13.8 Å². The molecular weight excluding hydrogens is 214 g/mol. The minimum Gasteiger partial charge on any atom is -0.426 e. The first-order valence-electron chi connectivity index (χ1n) is 5.32. The van der Waals surface area contributed by atoms with E-state index in [1.807, 2.05) is 20.7 Å². The summed E-state index contributed by atoms with van der Waals surface area (Å²) in [7, 11) is 2.54. The van der Waals surface area contributed by atoms with Crippen molar-refractivity contribution in [3.63, 3.8) is 0 Å². The monoisotopic (exact) mass is 234 g/mol. The third kappa shape index (κ3) is 3.14. The van der Waals surface area contributed by atoms with Gasteiger partial charge in [0, 0.05) is 5.92 Å². The van der Waals surface area contributed by atoms with Crippen molar-refractivity contribution in [3.8, 4) is 0 Å². The predicted molar refractivity (Wildman–Crippen MR) is 62.8 cm³/mol. The molecule has 0 aromatic carbocycles. The van der Waals surface area contributed by atoms with E-state index in [4.69, 9.17) is 14.5 Å². The van der Waals surface area contributed by atoms with Gasteiger partial charge in [0.05, 0.1) is 18.8 Å². The zero-order valence-electron chi connectivity index (χ0n) is 9.46. The van der Waals surface area contributed by atoms with Crippen LogP contribution in [-0.4, -0.2) is 47.9 Å². The topological polar surface area (TPSA) is 58.9 Å². The van der Waals surface area contributed by atoms with Crippen LogP contribution in [0.5, 0.6) is 0 Å². The van der Waals surface area contributed by atoms with Crippen molar-refractivity contribution in [1.82, 2.24) is 0 Å². The Morgan fingerprint density at radius 3 is 2.53 bits per heavy atom. The number of ether oxygens (including phenoxy) is 1. The molecule has 1 fully saturated rings. The summed E-state index contributed by atoms with van der Waals surface area (Å²) in [5.41, 5.74) is 0. The van der Waals surface area contributed by atoms with Gasteiger partial charge in [0.1, 0.15) is 12.2 Å². The highest BCUT2D eigenvalue weighted by Crippen LogP contribution is 2.28. The molecule has 2 N–H and O–H groups in total. The lowest BCUT2D eigenvalue weighted by Gasteiger charge is -2.42. The maximum atomic E-state index is 9.95. The lowest BCUT2D eigenvalue weighted by molar-refractivity contribution is -0.193. The fourth-order valence-corrected chi connectivity index (χ4v) is 2.05. The second kappa shape index (κ2) is 5.60. The number of aliphatic hydroxyl groups is 2. The van der Waals surface area contributed by atoms with Gasteiger partial charge >= 0.3 is 6.64 Å². The fourth-order valence-electron chi connectivity index (χ4n) is 1.87. The van der Waals surface area contributed by atoms with Crippen molar-refractivity contribution in [2.75, 3.05) is 6.61 Å². The summed E-state index contributed by atoms with van der Waals surface area (Å²) >= 11 is 0. The molecule has 0 bridgehead atoms. The highest BCUT2D eigenvalue weighted by molar-refractivity contribution is 7.60. The fraction of sp³-hybridized carbons (Fsp3) is 1.00. The zero-order valence-corrected chi connectivity index (χ0v) is 10.6. The Kier molecular flexibility index (Phi) is 5.00. The smallest absolute Gasteiger partial charge is 0.312 e. The van der Waals surface area contributed by atoms with Crippen molar-refractivity contribution in [1.29, 1.82) is 0 Å². The van der Waals surface area contributed by atoms with Gasteiger partial charge in [-0.1, -0.05) is 13.7 Å². The Hall–Kier alpha value is 0.335. The highest BCUT2D eigenvalue weighted by atomic mass is 31.0. The number of hydrogen-bond acceptors (Lipinski definition) is 4. The molecule has 1 rings (SSSR count). The summed E-state index contributed by atoms with van der Waals surface area (Å²) in [6.45, 7) is 5.63. The minimum atomic E-state index is -0.760. The van der Waals surface area contributed by atoms with E-state index >= 15 is 0 Å². The van der Waals surface area contributed by atoms with Crippen LogP contribution in [0.15, 0.2) is 0 Å². The maximum absolute atomic E-state index is 9.95. The number of rotatable bonds is 3. The molecule has 1 aliphatic rings. The van der Waals surface area contributed by atoms with Crippen molar-refractivity contribution in [2.24, 2.45) is 5.92 Å². The van der Waals surface area contributed by atoms with Gasteiger partial charge in [-0.15, -0.1) is 9.12 Å². The van der Waals surface area contributed by atoms with Gasteiger partial charge in [-0.2, -0.15) is 0 Å². The largest absolute Gasteiger partial charge is 0.426 e. The minimum absolute atomic E-state index is 0.0145. The molecule has 0 saturated carbocycles. The third-order valence-electron chi connectivity index (χ3n) is 2.92. The van der Waals surface area contributed by atoms with Crippen LogP contribution in [-0.2, 0) is 9.39 Å². The van der Waals surface area contributed by atoms with Gasteiger partial charge in [0.2, 0.25) is 0 Å². The lowest BCUT2D eigenvalue weighted by Crippen LogP contribution is -2.55. The second-order valence-electron chi connectivity index (χ2n) is 4.22. The van der Waals surface area contributed by atoms with E-state index in [9.17, 15) is 5.11 Å². The average Bonchev–Trinajstić information content (AvgIpc) is 2.18. The summed E-state index contributed by atoms with van der Waals surface area (Å²) in [6, 6.07) is 0. The molecule has 15 heavy (non-hydrogen) atoms. The van der Waals surface area contributed by atoms with Crippen LogP contribution < -0.4 is 0 Å². The SMILES string of the molecule is CB(P)O[C@@H]1C(C)[C@H](C)OC(CO)[C@@H]1O. The van der Waals surface area contributed by atoms with Crippen molar-refractivity contribution in [2.45, 2.75) is 45.1 Å². The number of aliphatic hydroxyl groups excluding tert-OH is 2. The number of hydrogen-bond donors (Lipinski definition) is 2. The first-order valence-corrected chi connectivity index (χ1v) is 5.99. The molecule has 0 aromatic rings. The standard InChI is InChI=1S/C9H20BO4P/c1-5-6(2)13-7(4-11)8(12)9(5)14-10(3)15/h5-9,11-12H,4,15H2,1-3H3/t5?,6-,7?,8-,9+/m0/s1. The van der Waals surface area contributed by atoms with Gasteiger partial charge in [-0.05, 0) is 6.92 Å². The van der Waals surface area contributed by atoms with E-state index in [1.165, 1.54) is 0 Å². The first kappa shape index (κ1) is 13.4. The molecule has 0 aromatic heterocycles. The Morgan fingerprint density at radius 2 is 2.07 bits per heavy atom. The Morgan fingerprint density at radius 1 is 1.47 bits per heavy atom. The maximum Gasteiger partial charge on any atom is 0.312 e. The van der Waals surface area contributed by atoms with Crippen LogP contribution in [0.25, 0.3) is 0 Å². The van der Waals surface area contributed by atoms with E-state index in [2.05, 4.69) is 9.12 Å². The third-order valence-corrected chi connectivity index (χ3v) is 3.07. The van der Waals surface area contributed by atoms with Crippen LogP contribution in [0, 0.1) is 5.92 Å². The van der Waals surface area contributed by atoms with E-state index in [-0.39, 0.29) is 31.4 Å².